The van der Waals surface area contributed by atoms with Crippen LogP contribution in [0.2, 0.25) is 0 Å². The Morgan fingerprint density at radius 1 is 1.30 bits per heavy atom. The van der Waals surface area contributed by atoms with Gasteiger partial charge in [-0.15, -0.1) is 11.8 Å². The predicted octanol–water partition coefficient (Wildman–Crippen LogP) is 5.29. The van der Waals surface area contributed by atoms with E-state index < -0.39 is 0 Å². The molecule has 1 heterocycles. The van der Waals surface area contributed by atoms with Gasteiger partial charge in [-0.2, -0.15) is 0 Å². The van der Waals surface area contributed by atoms with Gasteiger partial charge in [-0.05, 0) is 25.8 Å². The van der Waals surface area contributed by atoms with Crippen LogP contribution in [0.1, 0.15) is 51.9 Å². The number of hydrogen-bond acceptors (Lipinski definition) is 3. The van der Waals surface area contributed by atoms with E-state index in [-0.39, 0.29) is 0 Å². The van der Waals surface area contributed by atoms with E-state index in [0.717, 1.165) is 21.6 Å². The minimum atomic E-state index is 0.723. The van der Waals surface area contributed by atoms with Gasteiger partial charge in [-0.1, -0.05) is 44.8 Å². The highest BCUT2D eigenvalue weighted by atomic mass is 32.2. The van der Waals surface area contributed by atoms with Crippen molar-refractivity contribution in [3.8, 4) is 0 Å². The third-order valence-electron chi connectivity index (χ3n) is 3.70. The summed E-state index contributed by atoms with van der Waals surface area (Å²) in [5, 5.41) is 1.84. The van der Waals surface area contributed by atoms with Gasteiger partial charge in [0.1, 0.15) is 0 Å². The van der Waals surface area contributed by atoms with E-state index in [0.29, 0.717) is 0 Å². The fourth-order valence-electron chi connectivity index (χ4n) is 2.51. The molecular weight excluding hydrogens is 264 g/mol. The molecule has 0 bridgehead atoms. The van der Waals surface area contributed by atoms with E-state index in [1.165, 1.54) is 44.9 Å². The fraction of sp³-hybridized carbons (Fsp3) is 0.529. The van der Waals surface area contributed by atoms with E-state index in [9.17, 15) is 0 Å². The van der Waals surface area contributed by atoms with Gasteiger partial charge < -0.3 is 0 Å². The van der Waals surface area contributed by atoms with Gasteiger partial charge in [-0.25, -0.2) is 4.99 Å². The number of aliphatic imine (C=N–C) groups is 2. The zero-order valence-corrected chi connectivity index (χ0v) is 13.2. The molecule has 2 nitrogen and oxygen atoms in total. The van der Waals surface area contributed by atoms with E-state index >= 15 is 0 Å². The van der Waals surface area contributed by atoms with Crippen molar-refractivity contribution in [3.63, 3.8) is 0 Å². The van der Waals surface area contributed by atoms with Crippen molar-refractivity contribution in [1.82, 2.24) is 0 Å². The van der Waals surface area contributed by atoms with Crippen LogP contribution in [0.15, 0.2) is 45.5 Å². The number of nitrogens with zero attached hydrogens (tertiary/aromatic N) is 2. The minimum absolute atomic E-state index is 0.723. The lowest BCUT2D eigenvalue weighted by Gasteiger charge is -2.19. The van der Waals surface area contributed by atoms with Crippen molar-refractivity contribution in [2.45, 2.75) is 57.1 Å². The molecule has 1 fully saturated rings. The summed E-state index contributed by atoms with van der Waals surface area (Å²) in [6.45, 7) is 6.06. The van der Waals surface area contributed by atoms with Crippen LogP contribution in [0, 0.1) is 0 Å². The number of rotatable bonds is 3. The van der Waals surface area contributed by atoms with Crippen molar-refractivity contribution in [2.75, 3.05) is 0 Å². The second-order valence-electron chi connectivity index (χ2n) is 5.33. The normalized spacial score (nSPS) is 23.9. The van der Waals surface area contributed by atoms with E-state index in [1.807, 2.05) is 17.8 Å². The largest absolute Gasteiger partial charge is 0.264 e. The van der Waals surface area contributed by atoms with Crippen LogP contribution in [-0.2, 0) is 0 Å². The molecule has 0 amide bonds. The molecule has 1 aliphatic carbocycles. The van der Waals surface area contributed by atoms with Crippen molar-refractivity contribution in [3.05, 3.63) is 35.5 Å². The maximum atomic E-state index is 4.75. The predicted molar refractivity (Wildman–Crippen MR) is 91.7 cm³/mol. The Morgan fingerprint density at radius 3 is 2.65 bits per heavy atom. The van der Waals surface area contributed by atoms with Gasteiger partial charge >= 0.3 is 0 Å². The van der Waals surface area contributed by atoms with Crippen LogP contribution >= 0.6 is 11.8 Å². The smallest absolute Gasteiger partial charge is 0.0927 e. The Morgan fingerprint density at radius 2 is 2.00 bits per heavy atom. The zero-order valence-electron chi connectivity index (χ0n) is 12.3. The molecule has 2 aliphatic rings. The molecule has 0 spiro atoms. The number of allylic oxidation sites excluding steroid dienone is 3. The number of thioether (sulfide) groups is 1. The summed E-state index contributed by atoms with van der Waals surface area (Å²) in [5.41, 5.74) is 1.83. The second-order valence-corrected chi connectivity index (χ2v) is 6.65. The molecule has 0 aromatic heterocycles. The molecule has 0 aromatic rings. The first-order valence-electron chi connectivity index (χ1n) is 7.60. The first-order chi connectivity index (χ1) is 9.79. The summed E-state index contributed by atoms with van der Waals surface area (Å²) < 4.78 is 0. The molecule has 0 atom stereocenters. The van der Waals surface area contributed by atoms with Gasteiger partial charge in [0, 0.05) is 23.2 Å². The quantitative estimate of drug-likeness (QED) is 0.692. The summed E-state index contributed by atoms with van der Waals surface area (Å²) in [7, 11) is 0. The average molecular weight is 288 g/mol. The van der Waals surface area contributed by atoms with Gasteiger partial charge in [0.25, 0.3) is 0 Å². The Bertz CT molecular complexity index is 450. The van der Waals surface area contributed by atoms with Crippen LogP contribution in [0.25, 0.3) is 0 Å². The molecule has 0 aromatic carbocycles. The Labute approximate surface area is 126 Å². The minimum Gasteiger partial charge on any atom is -0.264 e. The molecule has 1 saturated carbocycles. The van der Waals surface area contributed by atoms with E-state index in [2.05, 4.69) is 24.6 Å². The van der Waals surface area contributed by atoms with Gasteiger partial charge in [0.2, 0.25) is 0 Å². The van der Waals surface area contributed by atoms with Crippen molar-refractivity contribution >= 4 is 23.7 Å². The van der Waals surface area contributed by atoms with Crippen LogP contribution < -0.4 is 0 Å². The first-order valence-corrected chi connectivity index (χ1v) is 8.48. The third-order valence-corrected chi connectivity index (χ3v) is 5.07. The van der Waals surface area contributed by atoms with Crippen LogP contribution in [0.4, 0.5) is 0 Å². The summed E-state index contributed by atoms with van der Waals surface area (Å²) >= 11 is 1.94. The van der Waals surface area contributed by atoms with Crippen molar-refractivity contribution in [1.29, 1.82) is 0 Å². The molecule has 2 rings (SSSR count). The van der Waals surface area contributed by atoms with E-state index in [1.54, 1.807) is 12.4 Å². The molecule has 0 N–H and O–H groups in total. The van der Waals surface area contributed by atoms with Crippen LogP contribution in [0.5, 0.6) is 0 Å². The average Bonchev–Trinajstić information content (AvgIpc) is 2.42. The van der Waals surface area contributed by atoms with Gasteiger partial charge in [0.05, 0.1) is 10.7 Å². The maximum Gasteiger partial charge on any atom is 0.0927 e. The first kappa shape index (κ1) is 15.3. The lowest BCUT2D eigenvalue weighted by molar-refractivity contribution is 0.513. The lowest BCUT2D eigenvalue weighted by Crippen LogP contribution is -2.07. The topological polar surface area (TPSA) is 24.7 Å². The van der Waals surface area contributed by atoms with E-state index in [4.69, 9.17) is 4.99 Å². The van der Waals surface area contributed by atoms with Gasteiger partial charge in [-0.3, -0.25) is 4.99 Å². The molecule has 1 aliphatic heterocycles. The molecule has 3 heteroatoms. The highest BCUT2D eigenvalue weighted by Crippen LogP contribution is 2.32. The second kappa shape index (κ2) is 8.25. The Balaban J connectivity index is 1.98. The zero-order chi connectivity index (χ0) is 14.2. The van der Waals surface area contributed by atoms with Crippen molar-refractivity contribution in [2.24, 2.45) is 9.98 Å². The molecule has 0 unspecified atom stereocenters. The summed E-state index contributed by atoms with van der Waals surface area (Å²) in [5.74, 6) is 0. The van der Waals surface area contributed by atoms with Crippen LogP contribution in [-0.4, -0.2) is 17.2 Å². The maximum absolute atomic E-state index is 4.75. The fourth-order valence-corrected chi connectivity index (χ4v) is 3.71. The van der Waals surface area contributed by atoms with Crippen LogP contribution in [0.3, 0.4) is 0 Å². The Hall–Kier alpha value is -1.09. The summed E-state index contributed by atoms with van der Waals surface area (Å²) in [4.78, 5) is 8.81. The molecule has 0 radical (unpaired) electrons. The monoisotopic (exact) mass is 288 g/mol. The standard InChI is InChI=1S/C17H24N2S/c1-3-17(19-16-11-12-18-13-14(16)2)20-15-9-7-5-4-6-8-10-15/h3,11-13,15H,2,4-10H2,1H3/b17-3+,19-16-. The highest BCUT2D eigenvalue weighted by Gasteiger charge is 2.14. The molecule has 0 saturated heterocycles. The number of hydrogen-bond donors (Lipinski definition) is 0. The molecule has 20 heavy (non-hydrogen) atoms. The SMILES string of the molecule is C=C1C=NC=C/C1=N/C(=C\C)SC1CCCCCCC1. The van der Waals surface area contributed by atoms with Gasteiger partial charge in [0.15, 0.2) is 0 Å². The lowest BCUT2D eigenvalue weighted by atomic mass is 10.0. The van der Waals surface area contributed by atoms with Crippen molar-refractivity contribution < 1.29 is 0 Å². The molecule has 108 valence electrons. The molecular formula is C17H24N2S. The Kier molecular flexibility index (Phi) is 6.31. The third kappa shape index (κ3) is 4.78. The highest BCUT2D eigenvalue weighted by molar-refractivity contribution is 8.03. The summed E-state index contributed by atoms with van der Waals surface area (Å²) in [6.07, 6.45) is 17.2. The summed E-state index contributed by atoms with van der Waals surface area (Å²) in [6, 6.07) is 0.